The average Bonchev–Trinajstić information content (AvgIpc) is 2.66. The number of nitrogens with one attached hydrogen (secondary N) is 2. The van der Waals surface area contributed by atoms with E-state index < -0.39 is 11.5 Å². The second kappa shape index (κ2) is 7.97. The summed E-state index contributed by atoms with van der Waals surface area (Å²) in [5.74, 6) is 0.319. The first-order chi connectivity index (χ1) is 12.2. The zero-order valence-corrected chi connectivity index (χ0v) is 13.6. The predicted octanol–water partition coefficient (Wildman–Crippen LogP) is 2.85. The van der Waals surface area contributed by atoms with Crippen molar-refractivity contribution < 1.29 is 9.53 Å². The van der Waals surface area contributed by atoms with Gasteiger partial charge in [-0.25, -0.2) is 0 Å². The topological polar surface area (TPSA) is 71.2 Å². The van der Waals surface area contributed by atoms with Gasteiger partial charge in [0, 0.05) is 5.69 Å². The van der Waals surface area contributed by atoms with Crippen molar-refractivity contribution in [1.29, 1.82) is 0 Å². The van der Waals surface area contributed by atoms with Crippen LogP contribution >= 0.6 is 0 Å². The lowest BCUT2D eigenvalue weighted by Gasteiger charge is -2.08. The Labute approximate surface area is 145 Å². The standard InChI is InChI=1S/C20H18N2O3/c23-19(21-13-14-25-16-9-5-2-6-10-16)17-11-12-18(22-20(17)24)15-7-3-1-4-8-15/h1-12H,13-14H2,(H,21,23)(H,22,24). The van der Waals surface area contributed by atoms with E-state index in [0.29, 0.717) is 18.8 Å². The molecule has 0 spiro atoms. The molecule has 0 aliphatic carbocycles. The van der Waals surface area contributed by atoms with Crippen molar-refractivity contribution in [3.8, 4) is 17.0 Å². The van der Waals surface area contributed by atoms with Crippen LogP contribution < -0.4 is 15.6 Å². The summed E-state index contributed by atoms with van der Waals surface area (Å²) in [6.07, 6.45) is 0. The second-order valence-corrected chi connectivity index (χ2v) is 5.40. The van der Waals surface area contributed by atoms with Gasteiger partial charge in [-0.05, 0) is 29.8 Å². The van der Waals surface area contributed by atoms with Crippen LogP contribution in [-0.2, 0) is 0 Å². The highest BCUT2D eigenvalue weighted by atomic mass is 16.5. The molecule has 0 unspecified atom stereocenters. The minimum Gasteiger partial charge on any atom is -0.492 e. The molecule has 0 aliphatic rings. The molecule has 0 bridgehead atoms. The Balaban J connectivity index is 1.58. The number of carbonyl (C=O) groups excluding carboxylic acids is 1. The number of aromatic amines is 1. The van der Waals surface area contributed by atoms with Gasteiger partial charge in [-0.2, -0.15) is 0 Å². The molecule has 5 nitrogen and oxygen atoms in total. The molecule has 1 aromatic heterocycles. The summed E-state index contributed by atoms with van der Waals surface area (Å²) in [5.41, 5.74) is 1.24. The smallest absolute Gasteiger partial charge is 0.261 e. The summed E-state index contributed by atoms with van der Waals surface area (Å²) >= 11 is 0. The molecule has 1 amide bonds. The van der Waals surface area contributed by atoms with Crippen molar-refractivity contribution in [3.05, 3.63) is 88.7 Å². The van der Waals surface area contributed by atoms with Crippen LogP contribution in [0.1, 0.15) is 10.4 Å². The highest BCUT2D eigenvalue weighted by Crippen LogP contribution is 2.14. The lowest BCUT2D eigenvalue weighted by atomic mass is 10.1. The molecule has 25 heavy (non-hydrogen) atoms. The van der Waals surface area contributed by atoms with Gasteiger partial charge in [0.25, 0.3) is 11.5 Å². The zero-order chi connectivity index (χ0) is 17.5. The number of aromatic nitrogens is 1. The number of amides is 1. The largest absolute Gasteiger partial charge is 0.492 e. The highest BCUT2D eigenvalue weighted by molar-refractivity contribution is 5.94. The summed E-state index contributed by atoms with van der Waals surface area (Å²) in [6, 6.07) is 22.1. The number of ether oxygens (including phenoxy) is 1. The maximum Gasteiger partial charge on any atom is 0.261 e. The van der Waals surface area contributed by atoms with E-state index in [4.69, 9.17) is 4.74 Å². The lowest BCUT2D eigenvalue weighted by molar-refractivity contribution is 0.0945. The van der Waals surface area contributed by atoms with Crippen LogP contribution in [0, 0.1) is 0 Å². The molecule has 0 atom stereocenters. The maximum atomic E-state index is 12.2. The van der Waals surface area contributed by atoms with Gasteiger partial charge in [-0.3, -0.25) is 9.59 Å². The van der Waals surface area contributed by atoms with Gasteiger partial charge in [-0.15, -0.1) is 0 Å². The number of para-hydroxylation sites is 1. The van der Waals surface area contributed by atoms with Crippen molar-refractivity contribution >= 4 is 5.91 Å². The van der Waals surface area contributed by atoms with Crippen LogP contribution in [0.2, 0.25) is 0 Å². The zero-order valence-electron chi connectivity index (χ0n) is 13.6. The third-order valence-electron chi connectivity index (χ3n) is 3.64. The van der Waals surface area contributed by atoms with E-state index >= 15 is 0 Å². The summed E-state index contributed by atoms with van der Waals surface area (Å²) < 4.78 is 5.50. The van der Waals surface area contributed by atoms with Crippen LogP contribution in [0.3, 0.4) is 0 Å². The molecule has 0 saturated heterocycles. The summed E-state index contributed by atoms with van der Waals surface area (Å²) in [5, 5.41) is 2.69. The van der Waals surface area contributed by atoms with E-state index in [1.54, 1.807) is 6.07 Å². The van der Waals surface area contributed by atoms with Gasteiger partial charge >= 0.3 is 0 Å². The number of benzene rings is 2. The van der Waals surface area contributed by atoms with E-state index in [-0.39, 0.29) is 5.56 Å². The summed E-state index contributed by atoms with van der Waals surface area (Å²) in [7, 11) is 0. The quantitative estimate of drug-likeness (QED) is 0.681. The Bertz CT molecular complexity index is 890. The fraction of sp³-hybridized carbons (Fsp3) is 0.100. The Morgan fingerprint density at radius 3 is 2.28 bits per heavy atom. The first-order valence-electron chi connectivity index (χ1n) is 7.99. The summed E-state index contributed by atoms with van der Waals surface area (Å²) in [6.45, 7) is 0.642. The average molecular weight is 334 g/mol. The first-order valence-corrected chi connectivity index (χ1v) is 7.99. The molecule has 0 aliphatic heterocycles. The van der Waals surface area contributed by atoms with Crippen LogP contribution in [-0.4, -0.2) is 24.0 Å². The molecule has 3 rings (SSSR count). The van der Waals surface area contributed by atoms with Crippen LogP contribution in [0.5, 0.6) is 5.75 Å². The molecule has 0 fully saturated rings. The van der Waals surface area contributed by atoms with Gasteiger partial charge in [0.1, 0.15) is 17.9 Å². The first kappa shape index (κ1) is 16.5. The van der Waals surface area contributed by atoms with E-state index in [9.17, 15) is 9.59 Å². The predicted molar refractivity (Wildman–Crippen MR) is 96.8 cm³/mol. The Morgan fingerprint density at radius 2 is 1.60 bits per heavy atom. The minimum atomic E-state index is -0.419. The van der Waals surface area contributed by atoms with Crippen LogP contribution in [0.25, 0.3) is 11.3 Å². The second-order valence-electron chi connectivity index (χ2n) is 5.40. The number of carbonyl (C=O) groups is 1. The summed E-state index contributed by atoms with van der Waals surface area (Å²) in [4.78, 5) is 27.0. The van der Waals surface area contributed by atoms with E-state index in [1.807, 2.05) is 60.7 Å². The Morgan fingerprint density at radius 1 is 0.920 bits per heavy atom. The van der Waals surface area contributed by atoms with Crippen molar-refractivity contribution in [2.45, 2.75) is 0 Å². The number of pyridine rings is 1. The molecule has 3 aromatic rings. The maximum absolute atomic E-state index is 12.2. The van der Waals surface area contributed by atoms with Gasteiger partial charge in [-0.1, -0.05) is 48.5 Å². The van der Waals surface area contributed by atoms with Crippen molar-refractivity contribution in [1.82, 2.24) is 10.3 Å². The molecule has 0 saturated carbocycles. The van der Waals surface area contributed by atoms with Crippen LogP contribution in [0.4, 0.5) is 0 Å². The third kappa shape index (κ3) is 4.35. The van der Waals surface area contributed by atoms with Crippen molar-refractivity contribution in [2.24, 2.45) is 0 Å². The fourth-order valence-corrected chi connectivity index (χ4v) is 2.38. The SMILES string of the molecule is O=C(NCCOc1ccccc1)c1ccc(-c2ccccc2)[nH]c1=O. The Hall–Kier alpha value is -3.34. The molecule has 0 radical (unpaired) electrons. The normalized spacial score (nSPS) is 10.2. The number of hydrogen-bond acceptors (Lipinski definition) is 3. The van der Waals surface area contributed by atoms with E-state index in [1.165, 1.54) is 6.07 Å². The minimum absolute atomic E-state index is 0.0828. The molecular weight excluding hydrogens is 316 g/mol. The lowest BCUT2D eigenvalue weighted by Crippen LogP contribution is -2.32. The fourth-order valence-electron chi connectivity index (χ4n) is 2.38. The Kier molecular flexibility index (Phi) is 5.26. The van der Waals surface area contributed by atoms with Gasteiger partial charge in [0.15, 0.2) is 0 Å². The molecule has 5 heteroatoms. The number of rotatable bonds is 6. The molecule has 1 heterocycles. The van der Waals surface area contributed by atoms with Crippen LogP contribution in [0.15, 0.2) is 77.6 Å². The van der Waals surface area contributed by atoms with Gasteiger partial charge < -0.3 is 15.0 Å². The highest BCUT2D eigenvalue weighted by Gasteiger charge is 2.11. The monoisotopic (exact) mass is 334 g/mol. The van der Waals surface area contributed by atoms with Gasteiger partial charge in [0.05, 0.1) is 6.54 Å². The third-order valence-corrected chi connectivity index (χ3v) is 3.64. The van der Waals surface area contributed by atoms with Gasteiger partial charge in [0.2, 0.25) is 0 Å². The molecule has 126 valence electrons. The number of hydrogen-bond donors (Lipinski definition) is 2. The number of H-pyrrole nitrogens is 1. The van der Waals surface area contributed by atoms with E-state index in [0.717, 1.165) is 11.3 Å². The van der Waals surface area contributed by atoms with Crippen molar-refractivity contribution in [2.75, 3.05) is 13.2 Å². The molecular formula is C20H18N2O3. The molecule has 2 N–H and O–H groups in total. The molecule has 2 aromatic carbocycles. The van der Waals surface area contributed by atoms with Crippen molar-refractivity contribution in [3.63, 3.8) is 0 Å². The van der Waals surface area contributed by atoms with E-state index in [2.05, 4.69) is 10.3 Å².